The molecular weight excluding hydrogens is 242 g/mol. The smallest absolute Gasteiger partial charge is 0.138 e. The summed E-state index contributed by atoms with van der Waals surface area (Å²) in [6.45, 7) is 5.99. The Labute approximate surface area is 93.6 Å². The van der Waals surface area contributed by atoms with E-state index in [2.05, 4.69) is 15.9 Å². The average molecular weight is 258 g/mol. The molecule has 0 atom stereocenters. The highest BCUT2D eigenvalue weighted by Crippen LogP contribution is 2.36. The van der Waals surface area contributed by atoms with Gasteiger partial charge in [-0.3, -0.25) is 0 Å². The summed E-state index contributed by atoms with van der Waals surface area (Å²) in [5.74, 6) is 0.831. The second-order valence-electron chi connectivity index (χ2n) is 3.99. The number of methoxy groups -OCH3 is 1. The Balaban J connectivity index is 3.46. The molecule has 0 amide bonds. The first-order valence-corrected chi connectivity index (χ1v) is 5.29. The lowest BCUT2D eigenvalue weighted by molar-refractivity contribution is 0.391. The summed E-state index contributed by atoms with van der Waals surface area (Å²) >= 11 is 3.45. The number of hydrogen-bond donors (Lipinski definition) is 1. The fourth-order valence-corrected chi connectivity index (χ4v) is 2.15. The minimum atomic E-state index is -0.390. The zero-order valence-electron chi connectivity index (χ0n) is 9.02. The summed E-state index contributed by atoms with van der Waals surface area (Å²) in [5, 5.41) is 0. The fraction of sp³-hybridized carbons (Fsp3) is 0.455. The molecule has 0 spiro atoms. The lowest BCUT2D eigenvalue weighted by Crippen LogP contribution is -2.30. The Kier molecular flexibility index (Phi) is 3.22. The number of ether oxygens (including phenoxy) is 1. The summed E-state index contributed by atoms with van der Waals surface area (Å²) in [5.41, 5.74) is 7.91. The first kappa shape index (κ1) is 11.5. The van der Waals surface area contributed by atoms with Gasteiger partial charge >= 0.3 is 0 Å². The average Bonchev–Trinajstić information content (AvgIpc) is 2.06. The quantitative estimate of drug-likeness (QED) is 0.885. The summed E-state index contributed by atoms with van der Waals surface area (Å²) in [6, 6.07) is 4.01. The van der Waals surface area contributed by atoms with Crippen molar-refractivity contribution >= 4 is 15.9 Å². The Bertz CT molecular complexity index is 342. The first-order valence-electron chi connectivity index (χ1n) is 4.50. The molecule has 1 aromatic rings. The molecule has 0 radical (unpaired) electrons. The monoisotopic (exact) mass is 257 g/mol. The van der Waals surface area contributed by atoms with Crippen LogP contribution >= 0.6 is 15.9 Å². The molecule has 1 aromatic carbocycles. The van der Waals surface area contributed by atoms with Crippen molar-refractivity contribution in [2.75, 3.05) is 7.11 Å². The lowest BCUT2D eigenvalue weighted by Gasteiger charge is -2.25. The van der Waals surface area contributed by atoms with Gasteiger partial charge in [-0.2, -0.15) is 0 Å². The third-order valence-corrected chi connectivity index (χ3v) is 2.79. The maximum absolute atomic E-state index is 6.10. The van der Waals surface area contributed by atoms with Gasteiger partial charge in [0, 0.05) is 11.1 Å². The minimum absolute atomic E-state index is 0.390. The van der Waals surface area contributed by atoms with Crippen LogP contribution in [0.2, 0.25) is 0 Å². The molecule has 1 rings (SSSR count). The van der Waals surface area contributed by atoms with Gasteiger partial charge in [-0.1, -0.05) is 6.07 Å². The molecule has 0 heterocycles. The van der Waals surface area contributed by atoms with Gasteiger partial charge in [0.05, 0.1) is 11.6 Å². The molecule has 3 heteroatoms. The second-order valence-corrected chi connectivity index (χ2v) is 4.85. The van der Waals surface area contributed by atoms with Gasteiger partial charge in [0.15, 0.2) is 0 Å². The number of benzene rings is 1. The van der Waals surface area contributed by atoms with Gasteiger partial charge in [-0.05, 0) is 48.3 Å². The van der Waals surface area contributed by atoms with Crippen molar-refractivity contribution in [2.45, 2.75) is 26.3 Å². The predicted molar refractivity (Wildman–Crippen MR) is 62.6 cm³/mol. The van der Waals surface area contributed by atoms with Crippen LogP contribution in [0.15, 0.2) is 16.6 Å². The van der Waals surface area contributed by atoms with Crippen LogP contribution in [0.1, 0.15) is 25.0 Å². The molecule has 2 N–H and O–H groups in total. The summed E-state index contributed by atoms with van der Waals surface area (Å²) < 4.78 is 6.30. The van der Waals surface area contributed by atoms with E-state index in [1.807, 2.05) is 32.9 Å². The molecule has 0 aliphatic heterocycles. The standard InChI is InChI=1S/C11H16BrNO/c1-7-5-6-8(12)10(14-4)9(7)11(2,3)13/h5-6H,13H2,1-4H3. The molecule has 78 valence electrons. The molecule has 0 aliphatic carbocycles. The van der Waals surface area contributed by atoms with Crippen molar-refractivity contribution in [3.63, 3.8) is 0 Å². The normalized spacial score (nSPS) is 11.6. The van der Waals surface area contributed by atoms with Crippen molar-refractivity contribution in [1.29, 1.82) is 0 Å². The van der Waals surface area contributed by atoms with Crippen molar-refractivity contribution in [1.82, 2.24) is 0 Å². The van der Waals surface area contributed by atoms with Crippen LogP contribution in [0.3, 0.4) is 0 Å². The van der Waals surface area contributed by atoms with E-state index in [0.29, 0.717) is 0 Å². The van der Waals surface area contributed by atoms with Gasteiger partial charge in [0.1, 0.15) is 5.75 Å². The van der Waals surface area contributed by atoms with Gasteiger partial charge in [0.25, 0.3) is 0 Å². The van der Waals surface area contributed by atoms with E-state index in [1.54, 1.807) is 7.11 Å². The van der Waals surface area contributed by atoms with E-state index in [4.69, 9.17) is 10.5 Å². The second kappa shape index (κ2) is 3.91. The zero-order chi connectivity index (χ0) is 10.9. The van der Waals surface area contributed by atoms with E-state index in [1.165, 1.54) is 0 Å². The first-order chi connectivity index (χ1) is 6.38. The summed E-state index contributed by atoms with van der Waals surface area (Å²) in [4.78, 5) is 0. The Morgan fingerprint density at radius 2 is 1.93 bits per heavy atom. The van der Waals surface area contributed by atoms with Crippen LogP contribution in [0.5, 0.6) is 5.75 Å². The van der Waals surface area contributed by atoms with Crippen molar-refractivity contribution < 1.29 is 4.74 Å². The molecule has 0 saturated heterocycles. The number of nitrogens with two attached hydrogens (primary N) is 1. The van der Waals surface area contributed by atoms with Crippen molar-refractivity contribution in [2.24, 2.45) is 5.73 Å². The van der Waals surface area contributed by atoms with Crippen molar-refractivity contribution in [3.05, 3.63) is 27.7 Å². The zero-order valence-corrected chi connectivity index (χ0v) is 10.6. The molecule has 0 saturated carbocycles. The van der Waals surface area contributed by atoms with Gasteiger partial charge in [0.2, 0.25) is 0 Å². The SMILES string of the molecule is COc1c(Br)ccc(C)c1C(C)(C)N. The fourth-order valence-electron chi connectivity index (χ4n) is 1.66. The van der Waals surface area contributed by atoms with E-state index in [0.717, 1.165) is 21.3 Å². The molecular formula is C11H16BrNO. The molecule has 0 fully saturated rings. The van der Waals surface area contributed by atoms with E-state index in [-0.39, 0.29) is 5.54 Å². The lowest BCUT2D eigenvalue weighted by atomic mass is 9.90. The molecule has 0 bridgehead atoms. The van der Waals surface area contributed by atoms with Crippen LogP contribution in [0, 0.1) is 6.92 Å². The maximum atomic E-state index is 6.10. The van der Waals surface area contributed by atoms with Crippen LogP contribution in [0.4, 0.5) is 0 Å². The number of aryl methyl sites for hydroxylation is 1. The van der Waals surface area contributed by atoms with Crippen LogP contribution < -0.4 is 10.5 Å². The molecule has 2 nitrogen and oxygen atoms in total. The van der Waals surface area contributed by atoms with E-state index in [9.17, 15) is 0 Å². The Morgan fingerprint density at radius 1 is 1.36 bits per heavy atom. The predicted octanol–water partition coefficient (Wildman–Crippen LogP) is 2.96. The number of halogens is 1. The highest BCUT2D eigenvalue weighted by atomic mass is 79.9. The van der Waals surface area contributed by atoms with Crippen LogP contribution in [-0.4, -0.2) is 7.11 Å². The topological polar surface area (TPSA) is 35.2 Å². The Hall–Kier alpha value is -0.540. The minimum Gasteiger partial charge on any atom is -0.495 e. The van der Waals surface area contributed by atoms with E-state index >= 15 is 0 Å². The third-order valence-electron chi connectivity index (χ3n) is 2.17. The number of hydrogen-bond acceptors (Lipinski definition) is 2. The maximum Gasteiger partial charge on any atom is 0.138 e. The largest absolute Gasteiger partial charge is 0.495 e. The van der Waals surface area contributed by atoms with Gasteiger partial charge in [-0.25, -0.2) is 0 Å². The third kappa shape index (κ3) is 2.10. The van der Waals surface area contributed by atoms with Crippen LogP contribution in [0.25, 0.3) is 0 Å². The van der Waals surface area contributed by atoms with Crippen LogP contribution in [-0.2, 0) is 5.54 Å². The highest BCUT2D eigenvalue weighted by Gasteiger charge is 2.23. The molecule has 0 aliphatic rings. The molecule has 0 aromatic heterocycles. The van der Waals surface area contributed by atoms with Gasteiger partial charge in [-0.15, -0.1) is 0 Å². The molecule has 14 heavy (non-hydrogen) atoms. The molecule has 0 unspecified atom stereocenters. The van der Waals surface area contributed by atoms with Gasteiger partial charge < -0.3 is 10.5 Å². The number of rotatable bonds is 2. The van der Waals surface area contributed by atoms with Crippen molar-refractivity contribution in [3.8, 4) is 5.75 Å². The Morgan fingerprint density at radius 3 is 2.29 bits per heavy atom. The summed E-state index contributed by atoms with van der Waals surface area (Å²) in [6.07, 6.45) is 0. The highest BCUT2D eigenvalue weighted by molar-refractivity contribution is 9.10. The van der Waals surface area contributed by atoms with E-state index < -0.39 is 0 Å². The summed E-state index contributed by atoms with van der Waals surface area (Å²) in [7, 11) is 1.66.